The molecule has 29 heavy (non-hydrogen) atoms. The lowest BCUT2D eigenvalue weighted by Gasteiger charge is -2.35. The second kappa shape index (κ2) is 8.18. The molecule has 1 fully saturated rings. The van der Waals surface area contributed by atoms with E-state index in [0.29, 0.717) is 29.3 Å². The minimum absolute atomic E-state index is 0.114. The van der Waals surface area contributed by atoms with Gasteiger partial charge < -0.3 is 15.4 Å². The zero-order chi connectivity index (χ0) is 20.2. The molecule has 1 aliphatic heterocycles. The first-order chi connectivity index (χ1) is 14.1. The van der Waals surface area contributed by atoms with E-state index >= 15 is 0 Å². The number of aromatic amines is 1. The number of ether oxygens (including phenoxy) is 1. The molecule has 0 radical (unpaired) electrons. The van der Waals surface area contributed by atoms with E-state index in [4.69, 9.17) is 10.5 Å². The highest BCUT2D eigenvalue weighted by atomic mass is 16.5. The number of para-hydroxylation sites is 2. The number of hydrogen-bond donors (Lipinski definition) is 2. The van der Waals surface area contributed by atoms with Gasteiger partial charge in [-0.3, -0.25) is 14.7 Å². The standard InChI is InChI=1S/C22H22N4O3/c23-21(27)18-14-17(24-25-18)19-11-6-7-13-26(19)22(28)16-10-4-5-12-20(16)29-15-8-2-1-3-9-15/h1-5,8-10,12,14,19H,6-7,11,13H2,(H2,23,27)(H,24,25). The maximum absolute atomic E-state index is 13.5. The minimum Gasteiger partial charge on any atom is -0.457 e. The molecule has 4 rings (SSSR count). The number of benzene rings is 2. The summed E-state index contributed by atoms with van der Waals surface area (Å²) >= 11 is 0. The largest absolute Gasteiger partial charge is 0.457 e. The number of aromatic nitrogens is 2. The van der Waals surface area contributed by atoms with Crippen LogP contribution in [0.25, 0.3) is 0 Å². The summed E-state index contributed by atoms with van der Waals surface area (Å²) in [6.07, 6.45) is 2.69. The van der Waals surface area contributed by atoms with Crippen LogP contribution in [0.5, 0.6) is 11.5 Å². The van der Waals surface area contributed by atoms with Crippen LogP contribution in [0, 0.1) is 0 Å². The number of piperidine rings is 1. The quantitative estimate of drug-likeness (QED) is 0.694. The molecule has 1 atom stereocenters. The second-order valence-electron chi connectivity index (χ2n) is 6.99. The molecule has 2 heterocycles. The molecule has 0 saturated carbocycles. The first-order valence-corrected chi connectivity index (χ1v) is 9.61. The van der Waals surface area contributed by atoms with Crippen molar-refractivity contribution in [2.45, 2.75) is 25.3 Å². The van der Waals surface area contributed by atoms with Gasteiger partial charge in [-0.15, -0.1) is 0 Å². The van der Waals surface area contributed by atoms with Gasteiger partial charge in [0, 0.05) is 6.54 Å². The normalized spacial score (nSPS) is 16.4. The summed E-state index contributed by atoms with van der Waals surface area (Å²) < 4.78 is 5.97. The molecule has 7 heteroatoms. The molecular formula is C22H22N4O3. The molecule has 1 unspecified atom stereocenters. The molecule has 148 valence electrons. The summed E-state index contributed by atoms with van der Waals surface area (Å²) in [7, 11) is 0. The molecule has 1 aromatic heterocycles. The Bertz CT molecular complexity index is 1020. The number of rotatable bonds is 5. The number of carbonyl (C=O) groups excluding carboxylic acids is 2. The topological polar surface area (TPSA) is 101 Å². The summed E-state index contributed by atoms with van der Waals surface area (Å²) in [6.45, 7) is 0.619. The molecule has 1 saturated heterocycles. The van der Waals surface area contributed by atoms with Gasteiger partial charge in [-0.05, 0) is 49.6 Å². The van der Waals surface area contributed by atoms with E-state index in [9.17, 15) is 9.59 Å². The van der Waals surface area contributed by atoms with E-state index in [2.05, 4.69) is 10.2 Å². The van der Waals surface area contributed by atoms with E-state index in [1.54, 1.807) is 18.2 Å². The van der Waals surface area contributed by atoms with Gasteiger partial charge in [-0.2, -0.15) is 5.10 Å². The SMILES string of the molecule is NC(=O)c1cc(C2CCCCN2C(=O)c2ccccc2Oc2ccccc2)[nH]n1. The van der Waals surface area contributed by atoms with Crippen molar-refractivity contribution in [3.05, 3.63) is 77.6 Å². The van der Waals surface area contributed by atoms with Crippen molar-refractivity contribution in [2.24, 2.45) is 5.73 Å². The molecule has 3 N–H and O–H groups in total. The van der Waals surface area contributed by atoms with Crippen molar-refractivity contribution in [1.29, 1.82) is 0 Å². The Morgan fingerprint density at radius 1 is 1.07 bits per heavy atom. The third-order valence-corrected chi connectivity index (χ3v) is 5.06. The Morgan fingerprint density at radius 2 is 1.83 bits per heavy atom. The van der Waals surface area contributed by atoms with Crippen molar-refractivity contribution in [3.63, 3.8) is 0 Å². The molecule has 0 aliphatic carbocycles. The summed E-state index contributed by atoms with van der Waals surface area (Å²) in [6, 6.07) is 18.0. The molecule has 0 bridgehead atoms. The zero-order valence-electron chi connectivity index (χ0n) is 15.9. The molecule has 3 aromatic rings. The predicted octanol–water partition coefficient (Wildman–Crippen LogP) is 3.67. The first kappa shape index (κ1) is 18.7. The summed E-state index contributed by atoms with van der Waals surface area (Å²) in [5, 5.41) is 6.84. The molecule has 1 aliphatic rings. The van der Waals surface area contributed by atoms with Gasteiger partial charge in [0.15, 0.2) is 0 Å². The Balaban J connectivity index is 1.63. The Hall–Kier alpha value is -3.61. The van der Waals surface area contributed by atoms with E-state index in [-0.39, 0.29) is 17.6 Å². The average Bonchev–Trinajstić information content (AvgIpc) is 3.25. The van der Waals surface area contributed by atoms with Crippen LogP contribution in [0.4, 0.5) is 0 Å². The molecule has 0 spiro atoms. The lowest BCUT2D eigenvalue weighted by molar-refractivity contribution is 0.0603. The second-order valence-corrected chi connectivity index (χ2v) is 6.99. The first-order valence-electron chi connectivity index (χ1n) is 9.61. The number of primary amides is 1. The minimum atomic E-state index is -0.595. The van der Waals surface area contributed by atoms with E-state index < -0.39 is 5.91 Å². The van der Waals surface area contributed by atoms with Gasteiger partial charge in [0.25, 0.3) is 11.8 Å². The number of nitrogens with one attached hydrogen (secondary N) is 1. The molecule has 2 aromatic carbocycles. The number of carbonyl (C=O) groups is 2. The molecule has 7 nitrogen and oxygen atoms in total. The Labute approximate surface area is 168 Å². The maximum Gasteiger partial charge on any atom is 0.269 e. The van der Waals surface area contributed by atoms with Gasteiger partial charge in [0.05, 0.1) is 17.3 Å². The van der Waals surface area contributed by atoms with Crippen molar-refractivity contribution < 1.29 is 14.3 Å². The fraction of sp³-hybridized carbons (Fsp3) is 0.227. The summed E-state index contributed by atoms with van der Waals surface area (Å²) in [4.78, 5) is 26.7. The number of H-pyrrole nitrogens is 1. The monoisotopic (exact) mass is 390 g/mol. The van der Waals surface area contributed by atoms with Gasteiger partial charge in [0.1, 0.15) is 17.2 Å². The fourth-order valence-electron chi connectivity index (χ4n) is 3.63. The van der Waals surface area contributed by atoms with Crippen molar-refractivity contribution in [3.8, 4) is 11.5 Å². The van der Waals surface area contributed by atoms with E-state index in [1.807, 2.05) is 47.4 Å². The van der Waals surface area contributed by atoms with Crippen LogP contribution in [0.3, 0.4) is 0 Å². The average molecular weight is 390 g/mol. The Kier molecular flexibility index (Phi) is 5.29. The zero-order valence-corrected chi connectivity index (χ0v) is 15.9. The van der Waals surface area contributed by atoms with Crippen LogP contribution in [-0.2, 0) is 0 Å². The van der Waals surface area contributed by atoms with Crippen LogP contribution in [-0.4, -0.2) is 33.5 Å². The summed E-state index contributed by atoms with van der Waals surface area (Å²) in [5.74, 6) is 0.470. The van der Waals surface area contributed by atoms with Crippen molar-refractivity contribution in [1.82, 2.24) is 15.1 Å². The molecule has 2 amide bonds. The lowest BCUT2D eigenvalue weighted by atomic mass is 9.97. The van der Waals surface area contributed by atoms with E-state index in [1.165, 1.54) is 0 Å². The highest BCUT2D eigenvalue weighted by Gasteiger charge is 2.31. The molecular weight excluding hydrogens is 368 g/mol. The van der Waals surface area contributed by atoms with Crippen LogP contribution < -0.4 is 10.5 Å². The van der Waals surface area contributed by atoms with Crippen molar-refractivity contribution >= 4 is 11.8 Å². The maximum atomic E-state index is 13.5. The van der Waals surface area contributed by atoms with Gasteiger partial charge >= 0.3 is 0 Å². The highest BCUT2D eigenvalue weighted by molar-refractivity contribution is 5.97. The predicted molar refractivity (Wildman–Crippen MR) is 108 cm³/mol. The smallest absolute Gasteiger partial charge is 0.269 e. The summed E-state index contributed by atoms with van der Waals surface area (Å²) in [5.41, 5.74) is 6.70. The lowest BCUT2D eigenvalue weighted by Crippen LogP contribution is -2.38. The van der Waals surface area contributed by atoms with Crippen LogP contribution in [0.2, 0.25) is 0 Å². The van der Waals surface area contributed by atoms with Gasteiger partial charge in [-0.25, -0.2) is 0 Å². The van der Waals surface area contributed by atoms with E-state index in [0.717, 1.165) is 19.3 Å². The highest BCUT2D eigenvalue weighted by Crippen LogP contribution is 2.34. The van der Waals surface area contributed by atoms with Gasteiger partial charge in [0.2, 0.25) is 0 Å². The fourth-order valence-corrected chi connectivity index (χ4v) is 3.63. The number of nitrogens with two attached hydrogens (primary N) is 1. The third kappa shape index (κ3) is 3.99. The Morgan fingerprint density at radius 3 is 2.59 bits per heavy atom. The van der Waals surface area contributed by atoms with Crippen LogP contribution >= 0.6 is 0 Å². The third-order valence-electron chi connectivity index (χ3n) is 5.06. The van der Waals surface area contributed by atoms with Crippen LogP contribution in [0.15, 0.2) is 60.7 Å². The number of hydrogen-bond acceptors (Lipinski definition) is 4. The number of likely N-dealkylation sites (tertiary alicyclic amines) is 1. The van der Waals surface area contributed by atoms with Crippen molar-refractivity contribution in [2.75, 3.05) is 6.54 Å². The van der Waals surface area contributed by atoms with Gasteiger partial charge in [-0.1, -0.05) is 30.3 Å². The van der Waals surface area contributed by atoms with Crippen LogP contribution in [0.1, 0.15) is 51.8 Å². The number of nitrogens with zero attached hydrogens (tertiary/aromatic N) is 2. The number of amides is 2.